The van der Waals surface area contributed by atoms with E-state index in [0.717, 1.165) is 28.1 Å². The van der Waals surface area contributed by atoms with Crippen LogP contribution >= 0.6 is 0 Å². The van der Waals surface area contributed by atoms with Crippen molar-refractivity contribution in [2.45, 2.75) is 26.2 Å². The fourth-order valence-corrected chi connectivity index (χ4v) is 2.82. The first-order chi connectivity index (χ1) is 10.5. The quantitative estimate of drug-likeness (QED) is 0.892. The van der Waals surface area contributed by atoms with E-state index < -0.39 is 5.92 Å². The normalized spacial score (nSPS) is 16.6. The molecule has 1 aliphatic heterocycles. The summed E-state index contributed by atoms with van der Waals surface area (Å²) in [6.07, 6.45) is 0.174. The molecule has 2 aromatic carbocycles. The van der Waals surface area contributed by atoms with E-state index in [1.807, 2.05) is 56.3 Å². The molecule has 1 unspecified atom stereocenters. The summed E-state index contributed by atoms with van der Waals surface area (Å²) >= 11 is 0. The highest BCUT2D eigenvalue weighted by atomic mass is 16.2. The maximum Gasteiger partial charge on any atom is 0.232 e. The third-order valence-electron chi connectivity index (χ3n) is 3.96. The molecule has 0 saturated carbocycles. The number of fused-ring (bicyclic) bond motifs is 1. The molecule has 22 heavy (non-hydrogen) atoms. The summed E-state index contributed by atoms with van der Waals surface area (Å²) in [5, 5.41) is 5.76. The highest BCUT2D eigenvalue weighted by Gasteiger charge is 2.30. The molecule has 2 amide bonds. The van der Waals surface area contributed by atoms with Crippen molar-refractivity contribution < 1.29 is 9.59 Å². The van der Waals surface area contributed by atoms with Gasteiger partial charge in [0.15, 0.2) is 0 Å². The van der Waals surface area contributed by atoms with Gasteiger partial charge in [-0.25, -0.2) is 0 Å². The minimum Gasteiger partial charge on any atom is -0.326 e. The van der Waals surface area contributed by atoms with E-state index in [1.165, 1.54) is 0 Å². The second kappa shape index (κ2) is 5.64. The third-order valence-corrected chi connectivity index (χ3v) is 3.96. The lowest BCUT2D eigenvalue weighted by Gasteiger charge is -2.25. The number of anilines is 2. The minimum absolute atomic E-state index is 0.125. The van der Waals surface area contributed by atoms with Crippen molar-refractivity contribution in [2.24, 2.45) is 0 Å². The molecule has 0 radical (unpaired) electrons. The van der Waals surface area contributed by atoms with Crippen molar-refractivity contribution in [3.8, 4) is 0 Å². The second-order valence-corrected chi connectivity index (χ2v) is 5.70. The standard InChI is InChI=1S/C18H18N2O2/c1-11-7-8-15(12(2)9-11)20-18(22)14-10-17(21)19-16-6-4-3-5-13(14)16/h3-9,14H,10H2,1-2H3,(H,19,21)(H,20,22). The summed E-state index contributed by atoms with van der Waals surface area (Å²) in [4.78, 5) is 24.4. The Hall–Kier alpha value is -2.62. The van der Waals surface area contributed by atoms with Crippen molar-refractivity contribution in [1.82, 2.24) is 0 Å². The molecule has 4 heteroatoms. The van der Waals surface area contributed by atoms with E-state index in [0.29, 0.717) is 0 Å². The molecular weight excluding hydrogens is 276 g/mol. The molecule has 2 aromatic rings. The van der Waals surface area contributed by atoms with Gasteiger partial charge in [0.1, 0.15) is 0 Å². The van der Waals surface area contributed by atoms with E-state index in [1.54, 1.807) is 0 Å². The van der Waals surface area contributed by atoms with Crippen LogP contribution in [0.2, 0.25) is 0 Å². The van der Waals surface area contributed by atoms with E-state index in [4.69, 9.17) is 0 Å². The summed E-state index contributed by atoms with van der Waals surface area (Å²) in [5.74, 6) is -0.723. The van der Waals surface area contributed by atoms with Gasteiger partial charge in [-0.2, -0.15) is 0 Å². The summed E-state index contributed by atoms with van der Waals surface area (Å²) < 4.78 is 0. The Balaban J connectivity index is 1.88. The first-order valence-electron chi connectivity index (χ1n) is 7.31. The van der Waals surface area contributed by atoms with E-state index in [9.17, 15) is 9.59 Å². The zero-order chi connectivity index (χ0) is 15.7. The molecule has 4 nitrogen and oxygen atoms in total. The number of para-hydroxylation sites is 1. The summed E-state index contributed by atoms with van der Waals surface area (Å²) in [6.45, 7) is 3.98. The van der Waals surface area contributed by atoms with Crippen molar-refractivity contribution in [3.05, 3.63) is 59.2 Å². The number of hydrogen-bond acceptors (Lipinski definition) is 2. The largest absolute Gasteiger partial charge is 0.326 e. The Kier molecular flexibility index (Phi) is 3.67. The predicted octanol–water partition coefficient (Wildman–Crippen LogP) is 3.37. The van der Waals surface area contributed by atoms with Crippen LogP contribution < -0.4 is 10.6 Å². The molecule has 0 aliphatic carbocycles. The molecule has 1 aliphatic rings. The fraction of sp³-hybridized carbons (Fsp3) is 0.222. The third kappa shape index (κ3) is 2.72. The van der Waals surface area contributed by atoms with Gasteiger partial charge in [0.2, 0.25) is 11.8 Å². The van der Waals surface area contributed by atoms with Gasteiger partial charge in [0.25, 0.3) is 0 Å². The van der Waals surface area contributed by atoms with Crippen molar-refractivity contribution in [3.63, 3.8) is 0 Å². The van der Waals surface area contributed by atoms with Crippen molar-refractivity contribution in [2.75, 3.05) is 10.6 Å². The molecular formula is C18H18N2O2. The van der Waals surface area contributed by atoms with Crippen LogP contribution in [0.3, 0.4) is 0 Å². The summed E-state index contributed by atoms with van der Waals surface area (Å²) in [5.41, 5.74) is 4.54. The lowest BCUT2D eigenvalue weighted by Crippen LogP contribution is -2.30. The molecule has 1 atom stereocenters. The smallest absolute Gasteiger partial charge is 0.232 e. The molecule has 0 aromatic heterocycles. The van der Waals surface area contributed by atoms with Crippen LogP contribution in [-0.2, 0) is 9.59 Å². The maximum atomic E-state index is 12.6. The topological polar surface area (TPSA) is 58.2 Å². The van der Waals surface area contributed by atoms with Crippen LogP contribution in [0.15, 0.2) is 42.5 Å². The van der Waals surface area contributed by atoms with Gasteiger partial charge >= 0.3 is 0 Å². The molecule has 112 valence electrons. The second-order valence-electron chi connectivity index (χ2n) is 5.70. The number of aryl methyl sites for hydroxylation is 2. The van der Waals surface area contributed by atoms with E-state index in [-0.39, 0.29) is 18.2 Å². The van der Waals surface area contributed by atoms with Crippen LogP contribution in [0.5, 0.6) is 0 Å². The molecule has 0 bridgehead atoms. The number of carbonyl (C=O) groups is 2. The molecule has 0 spiro atoms. The Morgan fingerprint density at radius 2 is 1.95 bits per heavy atom. The number of amides is 2. The van der Waals surface area contributed by atoms with Crippen LogP contribution in [0.25, 0.3) is 0 Å². The van der Waals surface area contributed by atoms with Crippen LogP contribution in [0, 0.1) is 13.8 Å². The summed E-state index contributed by atoms with van der Waals surface area (Å²) in [6, 6.07) is 13.3. The van der Waals surface area contributed by atoms with Crippen LogP contribution in [0.1, 0.15) is 29.0 Å². The number of nitrogens with one attached hydrogen (secondary N) is 2. The lowest BCUT2D eigenvalue weighted by atomic mass is 9.89. The zero-order valence-electron chi connectivity index (χ0n) is 12.6. The monoisotopic (exact) mass is 294 g/mol. The first-order valence-corrected chi connectivity index (χ1v) is 7.31. The zero-order valence-corrected chi connectivity index (χ0v) is 12.6. The van der Waals surface area contributed by atoms with Gasteiger partial charge in [-0.3, -0.25) is 9.59 Å². The predicted molar refractivity (Wildman–Crippen MR) is 87.0 cm³/mol. The average molecular weight is 294 g/mol. The van der Waals surface area contributed by atoms with E-state index in [2.05, 4.69) is 10.6 Å². The number of hydrogen-bond donors (Lipinski definition) is 2. The summed E-state index contributed by atoms with van der Waals surface area (Å²) in [7, 11) is 0. The molecule has 3 rings (SSSR count). The number of carbonyl (C=O) groups excluding carboxylic acids is 2. The minimum atomic E-state index is -0.453. The Labute approximate surface area is 129 Å². The Bertz CT molecular complexity index is 753. The first kappa shape index (κ1) is 14.3. The van der Waals surface area contributed by atoms with Gasteiger partial charge in [0, 0.05) is 17.8 Å². The number of benzene rings is 2. The van der Waals surface area contributed by atoms with Crippen LogP contribution in [-0.4, -0.2) is 11.8 Å². The SMILES string of the molecule is Cc1ccc(NC(=O)C2CC(=O)Nc3ccccc32)c(C)c1. The molecule has 1 heterocycles. The van der Waals surface area contributed by atoms with Crippen molar-refractivity contribution >= 4 is 23.2 Å². The van der Waals surface area contributed by atoms with E-state index >= 15 is 0 Å². The Morgan fingerprint density at radius 3 is 2.73 bits per heavy atom. The Morgan fingerprint density at radius 1 is 1.18 bits per heavy atom. The molecule has 0 fully saturated rings. The van der Waals surface area contributed by atoms with Gasteiger partial charge in [-0.1, -0.05) is 35.9 Å². The van der Waals surface area contributed by atoms with Gasteiger partial charge < -0.3 is 10.6 Å². The van der Waals surface area contributed by atoms with Gasteiger partial charge in [0.05, 0.1) is 5.92 Å². The van der Waals surface area contributed by atoms with Gasteiger partial charge in [-0.15, -0.1) is 0 Å². The number of rotatable bonds is 2. The van der Waals surface area contributed by atoms with Crippen LogP contribution in [0.4, 0.5) is 11.4 Å². The van der Waals surface area contributed by atoms with Crippen molar-refractivity contribution in [1.29, 1.82) is 0 Å². The maximum absolute atomic E-state index is 12.6. The molecule has 0 saturated heterocycles. The average Bonchev–Trinajstić information content (AvgIpc) is 2.49. The fourth-order valence-electron chi connectivity index (χ4n) is 2.82. The highest BCUT2D eigenvalue weighted by molar-refractivity contribution is 6.05. The van der Waals surface area contributed by atoms with Gasteiger partial charge in [-0.05, 0) is 37.1 Å². The lowest BCUT2D eigenvalue weighted by molar-refractivity contribution is -0.123. The highest BCUT2D eigenvalue weighted by Crippen LogP contribution is 2.33. The molecule has 2 N–H and O–H groups in total.